The number of carbonyl (C=O) groups is 2. The van der Waals surface area contributed by atoms with Gasteiger partial charge in [0, 0.05) is 18.7 Å². The van der Waals surface area contributed by atoms with E-state index in [9.17, 15) is 27.9 Å². The van der Waals surface area contributed by atoms with Gasteiger partial charge in [-0.3, -0.25) is 9.59 Å². The number of fused-ring (bicyclic) bond motifs is 5. The van der Waals surface area contributed by atoms with Crippen molar-refractivity contribution in [2.45, 2.75) is 24.3 Å². The van der Waals surface area contributed by atoms with Crippen molar-refractivity contribution in [1.82, 2.24) is 0 Å². The van der Waals surface area contributed by atoms with E-state index in [4.69, 9.17) is 11.3 Å². The fourth-order valence-electron chi connectivity index (χ4n) is 4.21. The van der Waals surface area contributed by atoms with Gasteiger partial charge in [-0.2, -0.15) is 13.2 Å². The molecule has 2 amide bonds. The summed E-state index contributed by atoms with van der Waals surface area (Å²) < 4.78 is 45.4. The zero-order valence-corrected chi connectivity index (χ0v) is 13.7. The predicted molar refractivity (Wildman–Crippen MR) is 85.6 cm³/mol. The first-order chi connectivity index (χ1) is 12.7. The summed E-state index contributed by atoms with van der Waals surface area (Å²) in [5.41, 5.74) is -3.14. The molecule has 3 aliphatic rings. The molecule has 2 unspecified atom stereocenters. The average molecular weight is 378 g/mol. The summed E-state index contributed by atoms with van der Waals surface area (Å²) >= 11 is 0. The van der Waals surface area contributed by atoms with Crippen LogP contribution in [0, 0.1) is 18.4 Å². The van der Waals surface area contributed by atoms with Crippen molar-refractivity contribution in [3.8, 4) is 0 Å². The van der Waals surface area contributed by atoms with Crippen LogP contribution in [-0.2, 0) is 20.5 Å². The Balaban J connectivity index is 1.77. The third kappa shape index (κ3) is 2.33. The van der Waals surface area contributed by atoms with Crippen LogP contribution in [0.2, 0.25) is 0 Å². The number of carbonyl (C=O) groups excluding carboxylic acids is 2. The van der Waals surface area contributed by atoms with Gasteiger partial charge in [0.2, 0.25) is 11.8 Å². The Labute approximate surface area is 151 Å². The highest BCUT2D eigenvalue weighted by atomic mass is 19.4. The molecule has 2 bridgehead atoms. The van der Waals surface area contributed by atoms with Gasteiger partial charge in [0.15, 0.2) is 5.69 Å². The minimum Gasteiger partial charge on any atom is -0.396 e. The quantitative estimate of drug-likeness (QED) is 0.498. The lowest BCUT2D eigenvalue weighted by molar-refractivity contribution is -0.137. The highest BCUT2D eigenvalue weighted by molar-refractivity contribution is 6.23. The Hall–Kier alpha value is -2.70. The van der Waals surface area contributed by atoms with Crippen molar-refractivity contribution < 1.29 is 32.6 Å². The number of aliphatic hydroxyl groups is 1. The van der Waals surface area contributed by atoms with E-state index >= 15 is 0 Å². The van der Waals surface area contributed by atoms with E-state index in [1.807, 2.05) is 0 Å². The van der Waals surface area contributed by atoms with Gasteiger partial charge in [-0.1, -0.05) is 18.2 Å². The lowest BCUT2D eigenvalue weighted by atomic mass is 9.75. The van der Waals surface area contributed by atoms with Crippen LogP contribution in [0.25, 0.3) is 4.85 Å². The number of rotatable bonds is 3. The normalized spacial score (nSPS) is 31.5. The predicted octanol–water partition coefficient (Wildman–Crippen LogP) is 2.45. The fraction of sp³-hybridized carbons (Fsp3) is 0.389. The molecule has 6 nitrogen and oxygen atoms in total. The second-order valence-electron chi connectivity index (χ2n) is 6.70. The van der Waals surface area contributed by atoms with Crippen LogP contribution in [-0.4, -0.2) is 35.2 Å². The van der Waals surface area contributed by atoms with Crippen LogP contribution in [0.1, 0.15) is 12.0 Å². The Morgan fingerprint density at radius 1 is 1.30 bits per heavy atom. The molecule has 1 N–H and O–H groups in total. The van der Waals surface area contributed by atoms with E-state index in [0.717, 1.165) is 17.0 Å². The molecule has 1 aromatic rings. The third-order valence-corrected chi connectivity index (χ3v) is 5.32. The molecule has 4 rings (SSSR count). The maximum atomic E-state index is 13.2. The summed E-state index contributed by atoms with van der Waals surface area (Å²) in [7, 11) is 0. The summed E-state index contributed by atoms with van der Waals surface area (Å²) in [6, 6.07) is 2.76. The minimum atomic E-state index is -4.79. The topological polar surface area (TPSA) is 71.2 Å². The second-order valence-corrected chi connectivity index (χ2v) is 6.70. The van der Waals surface area contributed by atoms with Crippen LogP contribution in [0.5, 0.6) is 0 Å². The first kappa shape index (κ1) is 17.7. The molecule has 0 spiro atoms. The number of hydrogen-bond donors (Lipinski definition) is 1. The monoisotopic (exact) mass is 378 g/mol. The largest absolute Gasteiger partial charge is 0.407 e. The minimum absolute atomic E-state index is 0.110. The number of anilines is 1. The molecule has 3 aliphatic heterocycles. The summed E-state index contributed by atoms with van der Waals surface area (Å²) in [6.07, 6.45) is -2.04. The number of amides is 2. The lowest BCUT2D eigenvalue weighted by Gasteiger charge is -2.28. The van der Waals surface area contributed by atoms with Gasteiger partial charge in [-0.25, -0.2) is 9.74 Å². The number of imide groups is 1. The van der Waals surface area contributed by atoms with Crippen LogP contribution in [0.4, 0.5) is 24.5 Å². The summed E-state index contributed by atoms with van der Waals surface area (Å²) in [6.45, 7) is 6.62. The van der Waals surface area contributed by atoms with Crippen molar-refractivity contribution in [3.63, 3.8) is 0 Å². The van der Waals surface area contributed by atoms with E-state index in [1.165, 1.54) is 0 Å². The van der Waals surface area contributed by atoms with Crippen LogP contribution < -0.4 is 4.90 Å². The third-order valence-electron chi connectivity index (χ3n) is 5.32. The molecule has 2 saturated heterocycles. The molecular formula is C18H13F3N2O4. The van der Waals surface area contributed by atoms with Crippen molar-refractivity contribution >= 4 is 23.2 Å². The van der Waals surface area contributed by atoms with Gasteiger partial charge in [0.25, 0.3) is 0 Å². The molecule has 4 atom stereocenters. The van der Waals surface area contributed by atoms with Crippen LogP contribution in [0.15, 0.2) is 30.4 Å². The molecule has 2 fully saturated rings. The van der Waals surface area contributed by atoms with Gasteiger partial charge in [0.1, 0.15) is 5.60 Å². The fourth-order valence-corrected chi connectivity index (χ4v) is 4.21. The zero-order chi connectivity index (χ0) is 19.6. The Morgan fingerprint density at radius 2 is 2.04 bits per heavy atom. The SMILES string of the molecule is [C-]#[N+]c1ccc(N2C(=O)[C@@H]3C4C=CC(CCO)(O4)[C@@H]3C2=O)cc1C(F)(F)F. The zero-order valence-electron chi connectivity index (χ0n) is 13.7. The van der Waals surface area contributed by atoms with Gasteiger partial charge in [-0.15, -0.1) is 0 Å². The van der Waals surface area contributed by atoms with Gasteiger partial charge in [-0.05, 0) is 12.1 Å². The molecular weight excluding hydrogens is 365 g/mol. The maximum Gasteiger partial charge on any atom is 0.407 e. The molecule has 0 aliphatic carbocycles. The maximum absolute atomic E-state index is 13.2. The summed E-state index contributed by atoms with van der Waals surface area (Å²) in [5, 5.41) is 9.30. The molecule has 0 aromatic heterocycles. The number of benzene rings is 1. The first-order valence-electron chi connectivity index (χ1n) is 8.18. The molecule has 9 heteroatoms. The molecule has 3 heterocycles. The van der Waals surface area contributed by atoms with Crippen molar-refractivity contribution in [2.75, 3.05) is 11.5 Å². The number of hydrogen-bond acceptors (Lipinski definition) is 4. The average Bonchev–Trinajstić information content (AvgIpc) is 3.24. The van der Waals surface area contributed by atoms with E-state index in [0.29, 0.717) is 6.07 Å². The van der Waals surface area contributed by atoms with Crippen LogP contribution >= 0.6 is 0 Å². The molecule has 140 valence electrons. The van der Waals surface area contributed by atoms with Gasteiger partial charge >= 0.3 is 6.18 Å². The smallest absolute Gasteiger partial charge is 0.396 e. The van der Waals surface area contributed by atoms with Crippen molar-refractivity contribution in [1.29, 1.82) is 0 Å². The summed E-state index contributed by atoms with van der Waals surface area (Å²) in [5.74, 6) is -3.01. The lowest BCUT2D eigenvalue weighted by Crippen LogP contribution is -2.41. The number of nitrogens with zero attached hydrogens (tertiary/aromatic N) is 2. The van der Waals surface area contributed by atoms with Gasteiger partial charge < -0.3 is 9.84 Å². The van der Waals surface area contributed by atoms with Crippen molar-refractivity contribution in [2.24, 2.45) is 11.8 Å². The van der Waals surface area contributed by atoms with Crippen molar-refractivity contribution in [3.05, 3.63) is 47.3 Å². The number of halogens is 3. The standard InChI is InChI=1S/C18H13F3N2O4/c1-22-11-3-2-9(8-10(11)18(19,20)21)23-15(25)13-12-4-5-17(27-12,6-7-24)14(13)16(23)26/h2-5,8,12-14,24H,6-7H2/t12?,13-,14+,17?/m1/s1. The Morgan fingerprint density at radius 3 is 2.67 bits per heavy atom. The molecule has 0 saturated carbocycles. The number of aliphatic hydroxyl groups excluding tert-OH is 1. The Bertz CT molecular complexity index is 920. The van der Waals surface area contributed by atoms with Gasteiger partial charge in [0.05, 0.1) is 30.1 Å². The highest BCUT2D eigenvalue weighted by Crippen LogP contribution is 2.54. The molecule has 1 aromatic carbocycles. The summed E-state index contributed by atoms with van der Waals surface area (Å²) in [4.78, 5) is 29.4. The van der Waals surface area contributed by atoms with E-state index in [-0.39, 0.29) is 18.7 Å². The molecule has 27 heavy (non-hydrogen) atoms. The molecule has 0 radical (unpaired) electrons. The highest BCUT2D eigenvalue weighted by Gasteiger charge is 2.67. The second kappa shape index (κ2) is 5.65. The first-order valence-corrected chi connectivity index (χ1v) is 8.18. The van der Waals surface area contributed by atoms with E-state index in [1.54, 1.807) is 12.2 Å². The van der Waals surface area contributed by atoms with E-state index < -0.39 is 52.8 Å². The number of alkyl halides is 3. The van der Waals surface area contributed by atoms with Crippen LogP contribution in [0.3, 0.4) is 0 Å². The Kier molecular flexibility index (Phi) is 3.70. The number of ether oxygens (including phenoxy) is 1. The van der Waals surface area contributed by atoms with E-state index in [2.05, 4.69) is 4.85 Å².